The van der Waals surface area contributed by atoms with Crippen molar-refractivity contribution in [1.29, 1.82) is 0 Å². The van der Waals surface area contributed by atoms with Crippen molar-refractivity contribution in [1.82, 2.24) is 5.32 Å². The Hall–Kier alpha value is -2.25. The van der Waals surface area contributed by atoms with Crippen LogP contribution < -0.4 is 10.0 Å². The van der Waals surface area contributed by atoms with Crippen molar-refractivity contribution in [2.45, 2.75) is 32.7 Å². The van der Waals surface area contributed by atoms with E-state index in [2.05, 4.69) is 30.8 Å². The third-order valence-electron chi connectivity index (χ3n) is 4.00. The van der Waals surface area contributed by atoms with Crippen LogP contribution in [0, 0.1) is 0 Å². The quantitative estimate of drug-likeness (QED) is 0.521. The summed E-state index contributed by atoms with van der Waals surface area (Å²) >= 11 is 5.11. The summed E-state index contributed by atoms with van der Waals surface area (Å²) in [5.74, 6) is -0.506. The fraction of sp³-hybridized carbons (Fsp3) is 0.286. The number of hydrogen-bond donors (Lipinski definition) is 2. The monoisotopic (exact) mass is 420 g/mol. The van der Waals surface area contributed by atoms with Gasteiger partial charge in [-0.3, -0.25) is 4.72 Å². The van der Waals surface area contributed by atoms with Gasteiger partial charge in [0.25, 0.3) is 0 Å². The van der Waals surface area contributed by atoms with Crippen LogP contribution in [0.2, 0.25) is 0 Å². The van der Waals surface area contributed by atoms with Crippen molar-refractivity contribution in [3.8, 4) is 0 Å². The Bertz CT molecular complexity index is 959. The minimum absolute atomic E-state index is 0.0261. The van der Waals surface area contributed by atoms with Gasteiger partial charge in [0.1, 0.15) is 4.99 Å². The maximum absolute atomic E-state index is 14.4. The van der Waals surface area contributed by atoms with E-state index in [0.717, 1.165) is 17.4 Å². The minimum Gasteiger partial charge on any atom is -0.370 e. The van der Waals surface area contributed by atoms with Crippen LogP contribution in [-0.4, -0.2) is 19.7 Å². The van der Waals surface area contributed by atoms with Crippen LogP contribution >= 0.6 is 12.2 Å². The highest BCUT2D eigenvalue weighted by Gasteiger charge is 2.13. The highest BCUT2D eigenvalue weighted by molar-refractivity contribution is 7.92. The van der Waals surface area contributed by atoms with Gasteiger partial charge in [-0.2, -0.15) is 0 Å². The van der Waals surface area contributed by atoms with E-state index in [4.69, 9.17) is 12.2 Å². The summed E-state index contributed by atoms with van der Waals surface area (Å²) in [5.41, 5.74) is 3.29. The van der Waals surface area contributed by atoms with Gasteiger partial charge in [0.05, 0.1) is 6.26 Å². The molecule has 28 heavy (non-hydrogen) atoms. The van der Waals surface area contributed by atoms with E-state index < -0.39 is 15.9 Å². The van der Waals surface area contributed by atoms with E-state index in [1.807, 2.05) is 24.3 Å². The molecule has 0 aliphatic rings. The molecule has 2 rings (SSSR count). The Morgan fingerprint density at radius 2 is 1.64 bits per heavy atom. The van der Waals surface area contributed by atoms with E-state index in [1.54, 1.807) is 24.3 Å². The number of halogens is 1. The van der Waals surface area contributed by atoms with E-state index in [0.29, 0.717) is 12.2 Å². The van der Waals surface area contributed by atoms with Gasteiger partial charge in [-0.25, -0.2) is 12.8 Å². The molecule has 0 bridgehead atoms. The Morgan fingerprint density at radius 3 is 2.14 bits per heavy atom. The fourth-order valence-corrected chi connectivity index (χ4v) is 3.16. The van der Waals surface area contributed by atoms with Crippen molar-refractivity contribution in [2.24, 2.45) is 0 Å². The lowest BCUT2D eigenvalue weighted by molar-refractivity contribution is 0.590. The van der Waals surface area contributed by atoms with E-state index in [-0.39, 0.29) is 10.4 Å². The summed E-state index contributed by atoms with van der Waals surface area (Å²) in [5, 5.41) is 2.87. The number of benzene rings is 2. The van der Waals surface area contributed by atoms with Crippen LogP contribution in [-0.2, 0) is 22.0 Å². The lowest BCUT2D eigenvalue weighted by Gasteiger charge is -2.18. The topological polar surface area (TPSA) is 58.2 Å². The van der Waals surface area contributed by atoms with Crippen molar-refractivity contribution < 1.29 is 12.8 Å². The zero-order chi connectivity index (χ0) is 20.9. The molecule has 0 radical (unpaired) electrons. The highest BCUT2D eigenvalue weighted by atomic mass is 32.2. The molecule has 2 aromatic carbocycles. The molecular formula is C21H25FN2O2S2. The summed E-state index contributed by atoms with van der Waals surface area (Å²) in [6, 6.07) is 14.5. The molecule has 0 fully saturated rings. The second-order valence-electron chi connectivity index (χ2n) is 7.62. The molecule has 0 aliphatic heterocycles. The van der Waals surface area contributed by atoms with E-state index >= 15 is 0 Å². The molecular weight excluding hydrogens is 395 g/mol. The summed E-state index contributed by atoms with van der Waals surface area (Å²) < 4.78 is 39.1. The fourth-order valence-electron chi connectivity index (χ4n) is 2.46. The zero-order valence-electron chi connectivity index (χ0n) is 16.4. The molecule has 150 valence electrons. The van der Waals surface area contributed by atoms with Crippen molar-refractivity contribution in [3.05, 3.63) is 71.0 Å². The largest absolute Gasteiger partial charge is 0.370 e. The molecule has 0 spiro atoms. The number of hydrogen-bond acceptors (Lipinski definition) is 3. The van der Waals surface area contributed by atoms with Gasteiger partial charge in [0.2, 0.25) is 10.0 Å². The van der Waals surface area contributed by atoms with Crippen LogP contribution in [0.5, 0.6) is 0 Å². The van der Waals surface area contributed by atoms with Crippen molar-refractivity contribution in [2.75, 3.05) is 11.0 Å². The number of sulfonamides is 1. The molecule has 2 N–H and O–H groups in total. The third-order valence-corrected chi connectivity index (χ3v) is 4.94. The Labute approximate surface area is 171 Å². The van der Waals surface area contributed by atoms with Gasteiger partial charge in [0.15, 0.2) is 5.83 Å². The number of nitrogens with one attached hydrogen (secondary N) is 2. The van der Waals surface area contributed by atoms with Crippen LogP contribution in [0.15, 0.2) is 54.4 Å². The predicted octanol–water partition coefficient (Wildman–Crippen LogP) is 4.78. The first-order chi connectivity index (χ1) is 12.9. The molecule has 0 saturated carbocycles. The van der Waals surface area contributed by atoms with E-state index in [9.17, 15) is 12.8 Å². The molecule has 7 heteroatoms. The Balaban J connectivity index is 1.96. The minimum atomic E-state index is -3.31. The SMILES string of the molecule is CC(C)(C)c1ccc(/C=C(\F)C(=S)NCc2ccc(NS(C)(=O)=O)cc2)cc1. The van der Waals surface area contributed by atoms with Crippen molar-refractivity contribution in [3.63, 3.8) is 0 Å². The molecule has 0 saturated heterocycles. The van der Waals surface area contributed by atoms with Gasteiger partial charge in [-0.05, 0) is 40.3 Å². The summed E-state index contributed by atoms with van der Waals surface area (Å²) in [4.78, 5) is 0.0261. The van der Waals surface area contributed by atoms with Crippen LogP contribution in [0.25, 0.3) is 6.08 Å². The first kappa shape index (κ1) is 22.0. The summed E-state index contributed by atoms with van der Waals surface area (Å²) in [6.07, 6.45) is 2.49. The molecule has 4 nitrogen and oxygen atoms in total. The molecule has 2 aromatic rings. The standard InChI is InChI=1S/C21H25FN2O2S2/c1-21(2,3)17-9-5-15(6-10-17)13-19(22)20(27)23-14-16-7-11-18(12-8-16)24-28(4,25)26/h5-13,24H,14H2,1-4H3,(H,23,27)/b19-13-. The Kier molecular flexibility index (Phi) is 6.96. The second kappa shape index (κ2) is 8.84. The molecule has 0 atom stereocenters. The predicted molar refractivity (Wildman–Crippen MR) is 119 cm³/mol. The summed E-state index contributed by atoms with van der Waals surface area (Å²) in [7, 11) is -3.31. The second-order valence-corrected chi connectivity index (χ2v) is 9.77. The van der Waals surface area contributed by atoms with Gasteiger partial charge >= 0.3 is 0 Å². The number of anilines is 1. The highest BCUT2D eigenvalue weighted by Crippen LogP contribution is 2.23. The van der Waals surface area contributed by atoms with Crippen LogP contribution in [0.1, 0.15) is 37.5 Å². The first-order valence-corrected chi connectivity index (χ1v) is 11.1. The molecule has 0 heterocycles. The normalized spacial score (nSPS) is 12.5. The van der Waals surface area contributed by atoms with Crippen LogP contribution in [0.3, 0.4) is 0 Å². The van der Waals surface area contributed by atoms with Crippen LogP contribution in [0.4, 0.5) is 10.1 Å². The number of rotatable bonds is 6. The smallest absolute Gasteiger partial charge is 0.229 e. The lowest BCUT2D eigenvalue weighted by atomic mass is 9.87. The molecule has 0 aromatic heterocycles. The van der Waals surface area contributed by atoms with E-state index in [1.165, 1.54) is 11.6 Å². The van der Waals surface area contributed by atoms with Gasteiger partial charge in [-0.1, -0.05) is 69.4 Å². The van der Waals surface area contributed by atoms with Gasteiger partial charge < -0.3 is 5.32 Å². The number of thiocarbonyl (C=S) groups is 1. The zero-order valence-corrected chi connectivity index (χ0v) is 18.0. The Morgan fingerprint density at radius 1 is 1.07 bits per heavy atom. The maximum Gasteiger partial charge on any atom is 0.229 e. The van der Waals surface area contributed by atoms with Gasteiger partial charge in [0, 0.05) is 12.2 Å². The maximum atomic E-state index is 14.4. The average Bonchev–Trinajstić information content (AvgIpc) is 2.59. The van der Waals surface area contributed by atoms with Crippen molar-refractivity contribution >= 4 is 39.0 Å². The summed E-state index contributed by atoms with van der Waals surface area (Å²) in [6.45, 7) is 6.71. The lowest BCUT2D eigenvalue weighted by Crippen LogP contribution is -2.21. The molecule has 0 amide bonds. The third kappa shape index (κ3) is 7.05. The first-order valence-electron chi connectivity index (χ1n) is 8.77. The molecule has 0 aliphatic carbocycles. The molecule has 0 unspecified atom stereocenters. The average molecular weight is 421 g/mol. The van der Waals surface area contributed by atoms with Gasteiger partial charge in [-0.15, -0.1) is 0 Å².